The highest BCUT2D eigenvalue weighted by atomic mass is 79.9. The van der Waals surface area contributed by atoms with Gasteiger partial charge in [0.2, 0.25) is 0 Å². The van der Waals surface area contributed by atoms with Crippen LogP contribution in [0.3, 0.4) is 0 Å². The minimum atomic E-state index is -0.293. The van der Waals surface area contributed by atoms with E-state index in [0.717, 1.165) is 15.6 Å². The van der Waals surface area contributed by atoms with Crippen LogP contribution in [0.4, 0.5) is 4.39 Å². The normalized spacial score (nSPS) is 12.5. The summed E-state index contributed by atoms with van der Waals surface area (Å²) in [4.78, 5) is 0. The molecule has 1 atom stereocenters. The number of benzene rings is 2. The first-order valence-corrected chi connectivity index (χ1v) is 7.97. The maximum atomic E-state index is 14.2. The van der Waals surface area contributed by atoms with Gasteiger partial charge in [0.25, 0.3) is 0 Å². The zero-order valence-electron chi connectivity index (χ0n) is 11.0. The van der Waals surface area contributed by atoms with Gasteiger partial charge in [-0.05, 0) is 65.3 Å². The Morgan fingerprint density at radius 3 is 2.45 bits per heavy atom. The summed E-state index contributed by atoms with van der Waals surface area (Å²) in [6.07, 6.45) is 0. The lowest BCUT2D eigenvalue weighted by Crippen LogP contribution is -2.19. The summed E-state index contributed by atoms with van der Waals surface area (Å²) in [5, 5.41) is 3.64. The van der Waals surface area contributed by atoms with Crippen molar-refractivity contribution in [2.45, 2.75) is 13.0 Å². The van der Waals surface area contributed by atoms with Gasteiger partial charge in [0.15, 0.2) is 0 Å². The largest absolute Gasteiger partial charge is 0.309 e. The number of rotatable bonds is 3. The number of hydrogen-bond acceptors (Lipinski definition) is 1. The molecule has 0 heterocycles. The maximum Gasteiger partial charge on any atom is 0.129 e. The summed E-state index contributed by atoms with van der Waals surface area (Å²) in [6, 6.07) is 8.81. The van der Waals surface area contributed by atoms with Crippen LogP contribution in [0.15, 0.2) is 39.3 Å². The smallest absolute Gasteiger partial charge is 0.129 e. The van der Waals surface area contributed by atoms with Crippen molar-refractivity contribution in [3.05, 3.63) is 66.8 Å². The number of hydrogen-bond donors (Lipinski definition) is 1. The van der Waals surface area contributed by atoms with Crippen molar-refractivity contribution in [2.75, 3.05) is 7.05 Å². The molecule has 1 unspecified atom stereocenters. The summed E-state index contributed by atoms with van der Waals surface area (Å²) < 4.78 is 15.7. The minimum Gasteiger partial charge on any atom is -0.309 e. The number of halogens is 4. The second-order valence-electron chi connectivity index (χ2n) is 4.57. The van der Waals surface area contributed by atoms with E-state index in [0.29, 0.717) is 15.1 Å². The zero-order valence-corrected chi connectivity index (χ0v) is 14.9. The van der Waals surface area contributed by atoms with E-state index in [-0.39, 0.29) is 11.9 Å². The molecule has 5 heteroatoms. The maximum absolute atomic E-state index is 14.2. The Morgan fingerprint density at radius 2 is 1.85 bits per heavy atom. The zero-order chi connectivity index (χ0) is 14.9. The Morgan fingerprint density at radius 1 is 1.15 bits per heavy atom. The van der Waals surface area contributed by atoms with Gasteiger partial charge in [0.05, 0.1) is 11.1 Å². The lowest BCUT2D eigenvalue weighted by Gasteiger charge is -2.19. The van der Waals surface area contributed by atoms with Gasteiger partial charge in [-0.25, -0.2) is 4.39 Å². The van der Waals surface area contributed by atoms with Crippen molar-refractivity contribution in [1.82, 2.24) is 5.32 Å². The van der Waals surface area contributed by atoms with E-state index in [2.05, 4.69) is 37.2 Å². The Bertz CT molecular complexity index is 626. The first-order chi connectivity index (χ1) is 9.42. The van der Waals surface area contributed by atoms with Crippen molar-refractivity contribution in [3.8, 4) is 0 Å². The van der Waals surface area contributed by atoms with E-state index in [1.807, 2.05) is 25.1 Å². The van der Waals surface area contributed by atoms with Crippen LogP contribution in [0, 0.1) is 12.7 Å². The molecule has 0 aliphatic heterocycles. The molecular weight excluding hydrogens is 408 g/mol. The first kappa shape index (κ1) is 16.0. The summed E-state index contributed by atoms with van der Waals surface area (Å²) in [6.45, 7) is 2.01. The monoisotopic (exact) mass is 419 g/mol. The topological polar surface area (TPSA) is 12.0 Å². The predicted octanol–water partition coefficient (Wildman–Crippen LogP) is 5.62. The fraction of sp³-hybridized carbons (Fsp3) is 0.200. The van der Waals surface area contributed by atoms with Crippen LogP contribution in [-0.4, -0.2) is 7.05 Å². The summed E-state index contributed by atoms with van der Waals surface area (Å²) >= 11 is 12.8. The molecule has 0 aliphatic rings. The molecule has 20 heavy (non-hydrogen) atoms. The van der Waals surface area contributed by atoms with E-state index in [1.54, 1.807) is 13.1 Å². The third-order valence-electron chi connectivity index (χ3n) is 3.04. The fourth-order valence-corrected chi connectivity index (χ4v) is 3.31. The van der Waals surface area contributed by atoms with E-state index in [4.69, 9.17) is 11.6 Å². The molecule has 106 valence electrons. The quantitative estimate of drug-likeness (QED) is 0.634. The van der Waals surface area contributed by atoms with Crippen LogP contribution in [0.1, 0.15) is 22.7 Å². The molecular formula is C15H13Br2ClFN. The average molecular weight is 422 g/mol. The van der Waals surface area contributed by atoms with Crippen LogP contribution in [0.5, 0.6) is 0 Å². The van der Waals surface area contributed by atoms with Gasteiger partial charge in [-0.2, -0.15) is 0 Å². The molecule has 0 bridgehead atoms. The molecule has 0 aromatic heterocycles. The molecule has 0 saturated heterocycles. The fourth-order valence-electron chi connectivity index (χ4n) is 2.19. The minimum absolute atomic E-state index is 0.253. The Hall–Kier alpha value is -0.420. The second-order valence-corrected chi connectivity index (χ2v) is 6.75. The molecule has 2 aromatic carbocycles. The van der Waals surface area contributed by atoms with Crippen molar-refractivity contribution in [1.29, 1.82) is 0 Å². The molecule has 1 nitrogen and oxygen atoms in total. The highest BCUT2D eigenvalue weighted by molar-refractivity contribution is 9.10. The Balaban J connectivity index is 2.55. The van der Waals surface area contributed by atoms with Crippen molar-refractivity contribution in [3.63, 3.8) is 0 Å². The summed E-state index contributed by atoms with van der Waals surface area (Å²) in [5.41, 5.74) is 2.62. The first-order valence-electron chi connectivity index (χ1n) is 6.01. The van der Waals surface area contributed by atoms with Gasteiger partial charge in [-0.1, -0.05) is 33.6 Å². The van der Waals surface area contributed by atoms with E-state index in [1.165, 1.54) is 6.07 Å². The van der Waals surface area contributed by atoms with Gasteiger partial charge < -0.3 is 5.32 Å². The molecule has 2 aromatic rings. The molecule has 0 radical (unpaired) electrons. The lowest BCUT2D eigenvalue weighted by atomic mass is 9.97. The third kappa shape index (κ3) is 3.42. The standard InChI is InChI=1S/C15H13Br2ClFN/c1-8-3-9(5-10(16)4-8)15(20-2)11-6-13(18)12(17)7-14(11)19/h3-7,15,20H,1-2H3. The van der Waals surface area contributed by atoms with Crippen LogP contribution >= 0.6 is 43.5 Å². The summed E-state index contributed by atoms with van der Waals surface area (Å²) in [7, 11) is 1.80. The average Bonchev–Trinajstić information content (AvgIpc) is 2.35. The Labute approximate surface area is 139 Å². The van der Waals surface area contributed by atoms with Gasteiger partial charge in [-0.15, -0.1) is 0 Å². The van der Waals surface area contributed by atoms with Gasteiger partial charge >= 0.3 is 0 Å². The second kappa shape index (κ2) is 6.56. The molecule has 0 aliphatic carbocycles. The molecule has 0 spiro atoms. The van der Waals surface area contributed by atoms with Gasteiger partial charge in [0.1, 0.15) is 5.82 Å². The predicted molar refractivity (Wildman–Crippen MR) is 88.9 cm³/mol. The number of nitrogens with one attached hydrogen (secondary N) is 1. The van der Waals surface area contributed by atoms with E-state index < -0.39 is 0 Å². The van der Waals surface area contributed by atoms with Crippen LogP contribution < -0.4 is 5.32 Å². The van der Waals surface area contributed by atoms with Gasteiger partial charge in [-0.3, -0.25) is 0 Å². The van der Waals surface area contributed by atoms with E-state index >= 15 is 0 Å². The van der Waals surface area contributed by atoms with E-state index in [9.17, 15) is 4.39 Å². The van der Waals surface area contributed by atoms with Crippen LogP contribution in [0.2, 0.25) is 5.02 Å². The summed E-state index contributed by atoms with van der Waals surface area (Å²) in [5.74, 6) is -0.293. The molecule has 0 amide bonds. The van der Waals surface area contributed by atoms with Crippen molar-refractivity contribution >= 4 is 43.5 Å². The van der Waals surface area contributed by atoms with Crippen molar-refractivity contribution < 1.29 is 4.39 Å². The molecule has 0 fully saturated rings. The van der Waals surface area contributed by atoms with Gasteiger partial charge in [0, 0.05) is 14.5 Å². The highest BCUT2D eigenvalue weighted by Gasteiger charge is 2.18. The molecule has 1 N–H and O–H groups in total. The molecule has 2 rings (SSSR count). The SMILES string of the molecule is CNC(c1cc(C)cc(Br)c1)c1cc(Cl)c(Br)cc1F. The Kier molecular flexibility index (Phi) is 5.24. The lowest BCUT2D eigenvalue weighted by molar-refractivity contribution is 0.575. The van der Waals surface area contributed by atoms with Crippen LogP contribution in [-0.2, 0) is 0 Å². The number of aryl methyl sites for hydroxylation is 1. The van der Waals surface area contributed by atoms with Crippen LogP contribution in [0.25, 0.3) is 0 Å². The third-order valence-corrected chi connectivity index (χ3v) is 4.69. The van der Waals surface area contributed by atoms with Crippen molar-refractivity contribution in [2.24, 2.45) is 0 Å². The highest BCUT2D eigenvalue weighted by Crippen LogP contribution is 2.32. The molecule has 0 saturated carbocycles.